The van der Waals surface area contributed by atoms with Gasteiger partial charge in [0.15, 0.2) is 6.61 Å². The number of amides is 1. The summed E-state index contributed by atoms with van der Waals surface area (Å²) in [7, 11) is 0. The van der Waals surface area contributed by atoms with Gasteiger partial charge in [-0.05, 0) is 36.1 Å². The number of ether oxygens (including phenoxy) is 1. The Hall–Kier alpha value is -3.08. The summed E-state index contributed by atoms with van der Waals surface area (Å²) < 4.78 is 10.8. The van der Waals surface area contributed by atoms with Crippen LogP contribution < -0.4 is 15.7 Å². The molecule has 1 N–H and O–H groups in total. The van der Waals surface area contributed by atoms with Crippen LogP contribution in [0.3, 0.4) is 0 Å². The predicted octanol–water partition coefficient (Wildman–Crippen LogP) is 3.12. The third-order valence-corrected chi connectivity index (χ3v) is 4.11. The maximum atomic E-state index is 11.9. The van der Waals surface area contributed by atoms with Gasteiger partial charge in [-0.15, -0.1) is 0 Å². The van der Waals surface area contributed by atoms with Crippen molar-refractivity contribution in [2.24, 2.45) is 0 Å². The van der Waals surface area contributed by atoms with Crippen LogP contribution in [0.4, 0.5) is 0 Å². The minimum Gasteiger partial charge on any atom is -0.484 e. The number of nitrogens with one attached hydrogen (secondary N) is 1. The first-order chi connectivity index (χ1) is 12.2. The molecule has 3 aromatic rings. The van der Waals surface area contributed by atoms with E-state index >= 15 is 0 Å². The summed E-state index contributed by atoms with van der Waals surface area (Å²) in [6, 6.07) is 16.7. The lowest BCUT2D eigenvalue weighted by Gasteiger charge is -2.09. The van der Waals surface area contributed by atoms with Gasteiger partial charge in [0.1, 0.15) is 11.3 Å². The molecule has 5 heteroatoms. The molecule has 25 heavy (non-hydrogen) atoms. The Kier molecular flexibility index (Phi) is 3.98. The number of rotatable bonds is 5. The fourth-order valence-electron chi connectivity index (χ4n) is 2.74. The lowest BCUT2D eigenvalue weighted by molar-refractivity contribution is -0.123. The molecule has 1 aliphatic carbocycles. The quantitative estimate of drug-likeness (QED) is 0.728. The second-order valence-corrected chi connectivity index (χ2v) is 6.13. The first kappa shape index (κ1) is 15.4. The average Bonchev–Trinajstić information content (AvgIpc) is 3.43. The van der Waals surface area contributed by atoms with Gasteiger partial charge >= 0.3 is 5.63 Å². The van der Waals surface area contributed by atoms with E-state index in [1.807, 2.05) is 36.4 Å². The molecule has 0 aliphatic heterocycles. The van der Waals surface area contributed by atoms with Gasteiger partial charge in [-0.2, -0.15) is 0 Å². The van der Waals surface area contributed by atoms with Crippen molar-refractivity contribution in [3.8, 4) is 16.9 Å². The largest absolute Gasteiger partial charge is 0.484 e. The van der Waals surface area contributed by atoms with E-state index in [1.54, 1.807) is 12.1 Å². The van der Waals surface area contributed by atoms with Crippen molar-refractivity contribution in [2.45, 2.75) is 18.9 Å². The molecule has 1 heterocycles. The van der Waals surface area contributed by atoms with Gasteiger partial charge < -0.3 is 14.5 Å². The minimum absolute atomic E-state index is 0.0510. The zero-order chi connectivity index (χ0) is 17.2. The molecule has 126 valence electrons. The van der Waals surface area contributed by atoms with Crippen molar-refractivity contribution >= 4 is 16.9 Å². The van der Waals surface area contributed by atoms with Crippen LogP contribution in [-0.2, 0) is 4.79 Å². The van der Waals surface area contributed by atoms with E-state index in [0.717, 1.165) is 29.4 Å². The topological polar surface area (TPSA) is 68.5 Å². The molecule has 1 amide bonds. The summed E-state index contributed by atoms with van der Waals surface area (Å²) in [4.78, 5) is 23.6. The van der Waals surface area contributed by atoms with Gasteiger partial charge in [-0.3, -0.25) is 4.79 Å². The third-order valence-electron chi connectivity index (χ3n) is 4.11. The number of benzene rings is 2. The molecule has 1 fully saturated rings. The molecule has 5 nitrogen and oxygen atoms in total. The summed E-state index contributed by atoms with van der Waals surface area (Å²) in [6.45, 7) is -0.0510. The summed E-state index contributed by atoms with van der Waals surface area (Å²) in [5, 5.41) is 3.68. The summed E-state index contributed by atoms with van der Waals surface area (Å²) in [5.74, 6) is 0.355. The highest BCUT2D eigenvalue weighted by atomic mass is 16.5. The minimum atomic E-state index is -0.421. The van der Waals surface area contributed by atoms with E-state index in [2.05, 4.69) is 5.32 Å². The number of hydrogen-bond acceptors (Lipinski definition) is 4. The lowest BCUT2D eigenvalue weighted by Crippen LogP contribution is -2.30. The van der Waals surface area contributed by atoms with Crippen molar-refractivity contribution in [3.05, 3.63) is 65.0 Å². The number of hydrogen-bond donors (Lipinski definition) is 1. The fourth-order valence-corrected chi connectivity index (χ4v) is 2.74. The van der Waals surface area contributed by atoms with Gasteiger partial charge in [-0.1, -0.05) is 30.3 Å². The highest BCUT2D eigenvalue weighted by Crippen LogP contribution is 2.29. The van der Waals surface area contributed by atoms with E-state index in [9.17, 15) is 9.59 Å². The first-order valence-corrected chi connectivity index (χ1v) is 8.24. The highest BCUT2D eigenvalue weighted by Gasteiger charge is 2.23. The van der Waals surface area contributed by atoms with Crippen LogP contribution in [0.15, 0.2) is 63.8 Å². The van der Waals surface area contributed by atoms with Gasteiger partial charge in [0.2, 0.25) is 0 Å². The van der Waals surface area contributed by atoms with Gasteiger partial charge in [0.25, 0.3) is 5.91 Å². The Morgan fingerprint density at radius 2 is 1.92 bits per heavy atom. The predicted molar refractivity (Wildman–Crippen MR) is 94.6 cm³/mol. The van der Waals surface area contributed by atoms with E-state index in [-0.39, 0.29) is 12.5 Å². The Morgan fingerprint density at radius 3 is 2.68 bits per heavy atom. The molecule has 1 aliphatic rings. The van der Waals surface area contributed by atoms with Crippen molar-refractivity contribution in [1.82, 2.24) is 5.32 Å². The van der Waals surface area contributed by atoms with Crippen LogP contribution >= 0.6 is 0 Å². The van der Waals surface area contributed by atoms with Crippen molar-refractivity contribution in [1.29, 1.82) is 0 Å². The van der Waals surface area contributed by atoms with Crippen LogP contribution in [0.5, 0.6) is 5.75 Å². The molecule has 1 saturated carbocycles. The molecule has 0 atom stereocenters. The highest BCUT2D eigenvalue weighted by molar-refractivity contribution is 5.93. The Balaban J connectivity index is 1.62. The van der Waals surface area contributed by atoms with Gasteiger partial charge in [0.05, 0.1) is 0 Å². The summed E-state index contributed by atoms with van der Waals surface area (Å²) in [5.41, 5.74) is 1.77. The van der Waals surface area contributed by atoms with E-state index in [4.69, 9.17) is 9.15 Å². The van der Waals surface area contributed by atoms with Gasteiger partial charge in [-0.25, -0.2) is 4.79 Å². The molecule has 2 aromatic carbocycles. The molecule has 0 spiro atoms. The smallest absolute Gasteiger partial charge is 0.336 e. The number of fused-ring (bicyclic) bond motifs is 1. The van der Waals surface area contributed by atoms with Crippen LogP contribution in [0.1, 0.15) is 12.8 Å². The van der Waals surface area contributed by atoms with Crippen molar-refractivity contribution in [3.63, 3.8) is 0 Å². The summed E-state index contributed by atoms with van der Waals surface area (Å²) >= 11 is 0. The molecule has 0 saturated heterocycles. The number of carbonyl (C=O) groups is 1. The lowest BCUT2D eigenvalue weighted by atomic mass is 10.0. The van der Waals surface area contributed by atoms with E-state index in [1.165, 1.54) is 6.07 Å². The van der Waals surface area contributed by atoms with Crippen molar-refractivity contribution < 1.29 is 13.9 Å². The maximum Gasteiger partial charge on any atom is 0.336 e. The third kappa shape index (κ3) is 3.55. The molecular weight excluding hydrogens is 318 g/mol. The SMILES string of the molecule is O=C(COc1ccc2c(-c3ccccc3)cc(=O)oc2c1)NC1CC1. The standard InChI is InChI=1S/C20H17NO4/c22-19(21-14-6-7-14)12-24-15-8-9-16-17(13-4-2-1-3-5-13)11-20(23)25-18(16)10-15/h1-5,8-11,14H,6-7,12H2,(H,21,22). The molecule has 4 rings (SSSR count). The zero-order valence-corrected chi connectivity index (χ0v) is 13.5. The molecule has 0 bridgehead atoms. The normalized spacial score (nSPS) is 13.6. The van der Waals surface area contributed by atoms with Crippen molar-refractivity contribution in [2.75, 3.05) is 6.61 Å². The second kappa shape index (κ2) is 6.43. The zero-order valence-electron chi connectivity index (χ0n) is 13.5. The van der Waals surface area contributed by atoms with Crippen LogP contribution in [0.2, 0.25) is 0 Å². The van der Waals surface area contributed by atoms with Crippen LogP contribution in [-0.4, -0.2) is 18.6 Å². The average molecular weight is 335 g/mol. The molecule has 0 unspecified atom stereocenters. The summed E-state index contributed by atoms with van der Waals surface area (Å²) in [6.07, 6.45) is 2.07. The Morgan fingerprint density at radius 1 is 1.12 bits per heavy atom. The number of carbonyl (C=O) groups excluding carboxylic acids is 1. The fraction of sp³-hybridized carbons (Fsp3) is 0.200. The van der Waals surface area contributed by atoms with E-state index < -0.39 is 5.63 Å². The first-order valence-electron chi connectivity index (χ1n) is 8.24. The van der Waals surface area contributed by atoms with E-state index in [0.29, 0.717) is 17.4 Å². The van der Waals surface area contributed by atoms with Gasteiger partial charge in [0, 0.05) is 23.6 Å². The Labute approximate surface area is 144 Å². The van der Waals surface area contributed by atoms with Crippen LogP contribution in [0, 0.1) is 0 Å². The molecule has 0 radical (unpaired) electrons. The maximum absolute atomic E-state index is 11.9. The molecular formula is C20H17NO4. The Bertz CT molecular complexity index is 974. The second-order valence-electron chi connectivity index (χ2n) is 6.13. The van der Waals surface area contributed by atoms with Crippen LogP contribution in [0.25, 0.3) is 22.1 Å². The molecule has 1 aromatic heterocycles. The monoisotopic (exact) mass is 335 g/mol.